The van der Waals surface area contributed by atoms with Gasteiger partial charge < -0.3 is 10.5 Å². The van der Waals surface area contributed by atoms with E-state index in [-0.39, 0.29) is 11.7 Å². The number of aryl methyl sites for hydroxylation is 1. The first-order valence-electron chi connectivity index (χ1n) is 8.66. The molecule has 1 atom stereocenters. The summed E-state index contributed by atoms with van der Waals surface area (Å²) in [6.45, 7) is 2.05. The maximum Gasteiger partial charge on any atom is 0.244 e. The molecule has 2 aromatic carbocycles. The molecule has 5 nitrogen and oxygen atoms in total. The van der Waals surface area contributed by atoms with Gasteiger partial charge >= 0.3 is 0 Å². The van der Waals surface area contributed by atoms with Crippen LogP contribution in [0.1, 0.15) is 28.3 Å². The summed E-state index contributed by atoms with van der Waals surface area (Å²) < 4.78 is 19.0. The molecule has 0 fully saturated rings. The van der Waals surface area contributed by atoms with Gasteiger partial charge in [-0.2, -0.15) is 5.26 Å². The van der Waals surface area contributed by atoms with Crippen molar-refractivity contribution in [3.05, 3.63) is 88.2 Å². The van der Waals surface area contributed by atoms with Crippen LogP contribution in [0, 0.1) is 24.1 Å². The molecule has 1 aliphatic rings. The van der Waals surface area contributed by atoms with Gasteiger partial charge in [0.1, 0.15) is 17.5 Å². The number of hydrogen-bond donors (Lipinski definition) is 2. The second kappa shape index (κ2) is 7.41. The number of H-pyrrole nitrogens is 1. The van der Waals surface area contributed by atoms with Gasteiger partial charge in [0.05, 0.1) is 17.2 Å². The molecule has 0 radical (unpaired) electrons. The van der Waals surface area contributed by atoms with Gasteiger partial charge in [0, 0.05) is 10.6 Å². The predicted molar refractivity (Wildman–Crippen MR) is 105 cm³/mol. The number of nitrogens with one attached hydrogen (secondary N) is 1. The van der Waals surface area contributed by atoms with Crippen LogP contribution in [-0.4, -0.2) is 10.2 Å². The van der Waals surface area contributed by atoms with Crippen LogP contribution in [0.4, 0.5) is 4.39 Å². The van der Waals surface area contributed by atoms with Gasteiger partial charge in [0.2, 0.25) is 11.8 Å². The molecule has 0 saturated carbocycles. The average Bonchev–Trinajstić information content (AvgIpc) is 3.09. The minimum Gasteiger partial charge on any atom is -0.420 e. The number of halogens is 1. The Morgan fingerprint density at radius 1 is 1.21 bits per heavy atom. The van der Waals surface area contributed by atoms with Crippen molar-refractivity contribution in [2.24, 2.45) is 5.73 Å². The lowest BCUT2D eigenvalue weighted by atomic mass is 9.84. The van der Waals surface area contributed by atoms with Crippen LogP contribution in [0.3, 0.4) is 0 Å². The Balaban J connectivity index is 1.71. The molecule has 3 aromatic rings. The summed E-state index contributed by atoms with van der Waals surface area (Å²) in [7, 11) is 0. The lowest BCUT2D eigenvalue weighted by Crippen LogP contribution is -2.21. The first kappa shape index (κ1) is 18.1. The molecule has 0 bridgehead atoms. The van der Waals surface area contributed by atoms with Gasteiger partial charge in [-0.1, -0.05) is 29.8 Å². The minimum absolute atomic E-state index is 0.0218. The Labute approximate surface area is 166 Å². The molecule has 0 spiro atoms. The van der Waals surface area contributed by atoms with Crippen LogP contribution >= 0.6 is 11.8 Å². The summed E-state index contributed by atoms with van der Waals surface area (Å²) in [5, 5.41) is 16.9. The summed E-state index contributed by atoms with van der Waals surface area (Å²) in [4.78, 5) is 1.12. The number of allylic oxidation sites excluding steroid dienone is 1. The molecule has 7 heteroatoms. The van der Waals surface area contributed by atoms with E-state index in [9.17, 15) is 9.65 Å². The van der Waals surface area contributed by atoms with Gasteiger partial charge in [0.15, 0.2) is 0 Å². The molecule has 1 aliphatic heterocycles. The fraction of sp³-hybridized carbons (Fsp3) is 0.143. The molecule has 0 unspecified atom stereocenters. The van der Waals surface area contributed by atoms with E-state index < -0.39 is 5.92 Å². The highest BCUT2D eigenvalue weighted by Gasteiger charge is 2.35. The van der Waals surface area contributed by atoms with Crippen LogP contribution in [0.5, 0.6) is 5.88 Å². The van der Waals surface area contributed by atoms with Crippen molar-refractivity contribution in [3.8, 4) is 11.9 Å². The number of fused-ring (bicyclic) bond motifs is 1. The zero-order valence-corrected chi connectivity index (χ0v) is 15.9. The van der Waals surface area contributed by atoms with Gasteiger partial charge in [-0.3, -0.25) is 5.10 Å². The Morgan fingerprint density at radius 2 is 1.93 bits per heavy atom. The van der Waals surface area contributed by atoms with E-state index in [0.717, 1.165) is 21.7 Å². The van der Waals surface area contributed by atoms with Gasteiger partial charge in [-0.05, 0) is 36.8 Å². The SMILES string of the molecule is Cc1ccc(SCc2[nH]nc3c2[C@@H](c2ccc(F)cc2)C(C#N)=C(N)O3)cc1. The van der Waals surface area contributed by atoms with Crippen molar-refractivity contribution in [2.75, 3.05) is 0 Å². The molecule has 140 valence electrons. The van der Waals surface area contributed by atoms with Gasteiger partial charge in [0.25, 0.3) is 0 Å². The number of hydrogen-bond acceptors (Lipinski definition) is 5. The molecule has 3 N–H and O–H groups in total. The summed E-state index contributed by atoms with van der Waals surface area (Å²) in [5.41, 5.74) is 9.81. The zero-order chi connectivity index (χ0) is 19.7. The molecule has 1 aromatic heterocycles. The summed E-state index contributed by atoms with van der Waals surface area (Å²) in [5.74, 6) is 0.194. The molecule has 4 rings (SSSR count). The average molecular weight is 392 g/mol. The van der Waals surface area contributed by atoms with E-state index in [0.29, 0.717) is 17.2 Å². The van der Waals surface area contributed by atoms with E-state index in [1.54, 1.807) is 23.9 Å². The monoisotopic (exact) mass is 392 g/mol. The van der Waals surface area contributed by atoms with Crippen LogP contribution in [0.2, 0.25) is 0 Å². The largest absolute Gasteiger partial charge is 0.420 e. The fourth-order valence-electron chi connectivity index (χ4n) is 3.20. The number of aromatic nitrogens is 2. The third-order valence-electron chi connectivity index (χ3n) is 4.63. The van der Waals surface area contributed by atoms with Crippen molar-refractivity contribution >= 4 is 11.8 Å². The second-order valence-electron chi connectivity index (χ2n) is 6.50. The van der Waals surface area contributed by atoms with E-state index >= 15 is 0 Å². The second-order valence-corrected chi connectivity index (χ2v) is 7.55. The number of ether oxygens (including phenoxy) is 1. The number of benzene rings is 2. The lowest BCUT2D eigenvalue weighted by Gasteiger charge is -2.24. The predicted octanol–water partition coefficient (Wildman–Crippen LogP) is 4.37. The Morgan fingerprint density at radius 3 is 2.61 bits per heavy atom. The first-order valence-corrected chi connectivity index (χ1v) is 9.65. The molecule has 2 heterocycles. The van der Waals surface area contributed by atoms with Crippen molar-refractivity contribution < 1.29 is 9.13 Å². The fourth-order valence-corrected chi connectivity index (χ4v) is 4.06. The number of nitriles is 1. The van der Waals surface area contributed by atoms with Gasteiger partial charge in [-0.25, -0.2) is 4.39 Å². The standard InChI is InChI=1S/C21H17FN4OS/c1-12-2-8-15(9-3-12)28-11-17-19-18(13-4-6-14(22)7-5-13)16(10-23)20(24)27-21(19)26-25-17/h2-9,18H,11,24H2,1H3,(H,25,26)/t18-/m0/s1. The van der Waals surface area contributed by atoms with Crippen LogP contribution < -0.4 is 10.5 Å². The number of thioether (sulfide) groups is 1. The highest BCUT2D eigenvalue weighted by atomic mass is 32.2. The minimum atomic E-state index is -0.457. The van der Waals surface area contributed by atoms with Crippen molar-refractivity contribution in [3.63, 3.8) is 0 Å². The number of aromatic amines is 1. The summed E-state index contributed by atoms with van der Waals surface area (Å²) in [6.07, 6.45) is 0. The van der Waals surface area contributed by atoms with Crippen LogP contribution in [-0.2, 0) is 5.75 Å². The van der Waals surface area contributed by atoms with Gasteiger partial charge in [-0.15, -0.1) is 16.9 Å². The Bertz CT molecular complexity index is 1080. The molecule has 0 amide bonds. The third-order valence-corrected chi connectivity index (χ3v) is 5.66. The van der Waals surface area contributed by atoms with Crippen LogP contribution in [0.15, 0.2) is 64.9 Å². The smallest absolute Gasteiger partial charge is 0.244 e. The Kier molecular flexibility index (Phi) is 4.80. The number of nitrogens with zero attached hydrogens (tertiary/aromatic N) is 2. The zero-order valence-electron chi connectivity index (χ0n) is 15.1. The quantitative estimate of drug-likeness (QED) is 0.644. The van der Waals surface area contributed by atoms with E-state index in [4.69, 9.17) is 10.5 Å². The van der Waals surface area contributed by atoms with Crippen molar-refractivity contribution in [1.29, 1.82) is 5.26 Å². The maximum absolute atomic E-state index is 13.4. The topological polar surface area (TPSA) is 87.7 Å². The first-order chi connectivity index (χ1) is 13.6. The Hall–Kier alpha value is -3.24. The number of nitrogens with two attached hydrogens (primary N) is 1. The third kappa shape index (κ3) is 3.35. The molecular weight excluding hydrogens is 375 g/mol. The van der Waals surface area contributed by atoms with E-state index in [2.05, 4.69) is 40.5 Å². The summed E-state index contributed by atoms with van der Waals surface area (Å²) >= 11 is 1.65. The van der Waals surface area contributed by atoms with Crippen LogP contribution in [0.25, 0.3) is 0 Å². The molecule has 0 aliphatic carbocycles. The van der Waals surface area contributed by atoms with E-state index in [1.807, 2.05) is 6.92 Å². The number of rotatable bonds is 4. The van der Waals surface area contributed by atoms with E-state index in [1.165, 1.54) is 17.7 Å². The lowest BCUT2D eigenvalue weighted by molar-refractivity contribution is 0.378. The molecule has 0 saturated heterocycles. The molecular formula is C21H17FN4OS. The van der Waals surface area contributed by atoms with Crippen molar-refractivity contribution in [1.82, 2.24) is 10.2 Å². The maximum atomic E-state index is 13.4. The highest BCUT2D eigenvalue weighted by Crippen LogP contribution is 2.43. The van der Waals surface area contributed by atoms with Crippen molar-refractivity contribution in [2.45, 2.75) is 23.5 Å². The summed E-state index contributed by atoms with van der Waals surface area (Å²) in [6, 6.07) is 16.5. The molecule has 28 heavy (non-hydrogen) atoms. The normalized spacial score (nSPS) is 15.7. The highest BCUT2D eigenvalue weighted by molar-refractivity contribution is 7.98.